The predicted octanol–water partition coefficient (Wildman–Crippen LogP) is 3.08. The van der Waals surface area contributed by atoms with Crippen LogP contribution in [0.15, 0.2) is 24.3 Å². The Kier molecular flexibility index (Phi) is 3.13. The van der Waals surface area contributed by atoms with E-state index in [1.54, 1.807) is 0 Å². The first-order chi connectivity index (χ1) is 7.31. The van der Waals surface area contributed by atoms with Gasteiger partial charge in [-0.2, -0.15) is 5.26 Å². The summed E-state index contributed by atoms with van der Waals surface area (Å²) in [5, 5.41) is 9.69. The summed E-state index contributed by atoms with van der Waals surface area (Å²) in [6, 6.07) is 10.2. The van der Waals surface area contributed by atoms with E-state index in [1.165, 1.54) is 0 Å². The molecule has 1 atom stereocenters. The second-order valence-electron chi connectivity index (χ2n) is 3.87. The lowest BCUT2D eigenvalue weighted by molar-refractivity contribution is 0.494. The van der Waals surface area contributed by atoms with Crippen LogP contribution in [-0.2, 0) is 0 Å². The first-order valence-electron chi connectivity index (χ1n) is 5.20. The van der Waals surface area contributed by atoms with E-state index in [4.69, 9.17) is 16.9 Å². The number of piperidine rings is 1. The van der Waals surface area contributed by atoms with Gasteiger partial charge in [0.05, 0.1) is 22.7 Å². The van der Waals surface area contributed by atoms with E-state index < -0.39 is 0 Å². The fourth-order valence-corrected chi connectivity index (χ4v) is 2.26. The van der Waals surface area contributed by atoms with E-state index in [9.17, 15) is 0 Å². The van der Waals surface area contributed by atoms with Crippen LogP contribution in [0.4, 0.5) is 5.69 Å². The largest absolute Gasteiger partial charge is 0.369 e. The smallest absolute Gasteiger partial charge is 0.0674 e. The van der Waals surface area contributed by atoms with Crippen LogP contribution < -0.4 is 4.90 Å². The van der Waals surface area contributed by atoms with Gasteiger partial charge < -0.3 is 4.90 Å². The van der Waals surface area contributed by atoms with Crippen LogP contribution in [0.3, 0.4) is 0 Å². The number of nitrogens with zero attached hydrogens (tertiary/aromatic N) is 2. The van der Waals surface area contributed by atoms with Crippen molar-refractivity contribution in [1.82, 2.24) is 0 Å². The van der Waals surface area contributed by atoms with Crippen molar-refractivity contribution in [2.45, 2.75) is 12.8 Å². The average Bonchev–Trinajstić information content (AvgIpc) is 2.30. The molecule has 78 valence electrons. The second-order valence-corrected chi connectivity index (χ2v) is 4.27. The van der Waals surface area contributed by atoms with Gasteiger partial charge in [-0.3, -0.25) is 0 Å². The highest BCUT2D eigenvalue weighted by molar-refractivity contribution is 6.33. The molecule has 1 aromatic carbocycles. The molecule has 0 bridgehead atoms. The van der Waals surface area contributed by atoms with Crippen LogP contribution >= 0.6 is 11.6 Å². The van der Waals surface area contributed by atoms with Crippen molar-refractivity contribution < 1.29 is 0 Å². The molecule has 2 rings (SSSR count). The third-order valence-corrected chi connectivity index (χ3v) is 3.12. The van der Waals surface area contributed by atoms with E-state index in [-0.39, 0.29) is 5.92 Å². The first-order valence-corrected chi connectivity index (χ1v) is 5.58. The van der Waals surface area contributed by atoms with Gasteiger partial charge in [-0.1, -0.05) is 23.7 Å². The van der Waals surface area contributed by atoms with E-state index in [1.807, 2.05) is 24.3 Å². The molecular weight excluding hydrogens is 208 g/mol. The lowest BCUT2D eigenvalue weighted by Crippen LogP contribution is -2.34. The number of rotatable bonds is 1. The Hall–Kier alpha value is -1.20. The van der Waals surface area contributed by atoms with Crippen molar-refractivity contribution in [1.29, 1.82) is 5.26 Å². The molecule has 0 saturated carbocycles. The van der Waals surface area contributed by atoms with Crippen molar-refractivity contribution in [2.75, 3.05) is 18.0 Å². The number of benzene rings is 1. The Morgan fingerprint density at radius 3 is 2.93 bits per heavy atom. The van der Waals surface area contributed by atoms with Crippen LogP contribution in [0.1, 0.15) is 12.8 Å². The number of hydrogen-bond donors (Lipinski definition) is 0. The van der Waals surface area contributed by atoms with E-state index in [0.717, 1.165) is 36.6 Å². The highest BCUT2D eigenvalue weighted by Crippen LogP contribution is 2.29. The van der Waals surface area contributed by atoms with E-state index in [2.05, 4.69) is 11.0 Å². The fraction of sp³-hybridized carbons (Fsp3) is 0.417. The van der Waals surface area contributed by atoms with Gasteiger partial charge in [0, 0.05) is 13.1 Å². The number of nitriles is 1. The average molecular weight is 221 g/mol. The summed E-state index contributed by atoms with van der Waals surface area (Å²) >= 11 is 6.12. The van der Waals surface area contributed by atoms with Gasteiger partial charge in [0.2, 0.25) is 0 Å². The molecule has 0 radical (unpaired) electrons. The van der Waals surface area contributed by atoms with Crippen LogP contribution in [0.25, 0.3) is 0 Å². The molecule has 1 fully saturated rings. The maximum atomic E-state index is 8.92. The molecule has 15 heavy (non-hydrogen) atoms. The summed E-state index contributed by atoms with van der Waals surface area (Å²) in [6.45, 7) is 1.81. The molecule has 0 amide bonds. The lowest BCUT2D eigenvalue weighted by Gasteiger charge is -2.32. The van der Waals surface area contributed by atoms with Crippen molar-refractivity contribution in [3.05, 3.63) is 29.3 Å². The SMILES string of the molecule is N#CC1CCCN(c2ccccc2Cl)C1. The Balaban J connectivity index is 2.18. The third kappa shape index (κ3) is 2.24. The Bertz CT molecular complexity index is 383. The molecule has 3 heteroatoms. The molecular formula is C12H13ClN2. The summed E-state index contributed by atoms with van der Waals surface area (Å²) < 4.78 is 0. The summed E-state index contributed by atoms with van der Waals surface area (Å²) in [5.74, 6) is 0.148. The zero-order valence-corrected chi connectivity index (χ0v) is 9.24. The zero-order valence-electron chi connectivity index (χ0n) is 8.49. The summed E-state index contributed by atoms with van der Waals surface area (Å²) in [7, 11) is 0. The Morgan fingerprint density at radius 2 is 2.20 bits per heavy atom. The number of anilines is 1. The van der Waals surface area contributed by atoms with Gasteiger partial charge in [-0.05, 0) is 25.0 Å². The molecule has 0 N–H and O–H groups in total. The normalized spacial score (nSPS) is 21.1. The van der Waals surface area contributed by atoms with Crippen LogP contribution in [-0.4, -0.2) is 13.1 Å². The molecule has 1 saturated heterocycles. The van der Waals surface area contributed by atoms with Gasteiger partial charge in [-0.25, -0.2) is 0 Å². The maximum absolute atomic E-state index is 8.92. The van der Waals surface area contributed by atoms with Crippen molar-refractivity contribution in [2.24, 2.45) is 5.92 Å². The van der Waals surface area contributed by atoms with E-state index in [0.29, 0.717) is 0 Å². The highest BCUT2D eigenvalue weighted by Gasteiger charge is 2.20. The molecule has 1 aromatic rings. The molecule has 2 nitrogen and oxygen atoms in total. The number of para-hydroxylation sites is 1. The predicted molar refractivity (Wildman–Crippen MR) is 62.0 cm³/mol. The van der Waals surface area contributed by atoms with Crippen molar-refractivity contribution in [3.63, 3.8) is 0 Å². The Labute approximate surface area is 95.1 Å². The van der Waals surface area contributed by atoms with Crippen molar-refractivity contribution in [3.8, 4) is 6.07 Å². The van der Waals surface area contributed by atoms with Gasteiger partial charge in [0.15, 0.2) is 0 Å². The minimum Gasteiger partial charge on any atom is -0.369 e. The van der Waals surface area contributed by atoms with Crippen LogP contribution in [0, 0.1) is 17.2 Å². The highest BCUT2D eigenvalue weighted by atomic mass is 35.5. The van der Waals surface area contributed by atoms with Crippen LogP contribution in [0.2, 0.25) is 5.02 Å². The van der Waals surface area contributed by atoms with Crippen LogP contribution in [0.5, 0.6) is 0 Å². The molecule has 0 aromatic heterocycles. The van der Waals surface area contributed by atoms with Gasteiger partial charge in [-0.15, -0.1) is 0 Å². The minimum absolute atomic E-state index is 0.148. The number of halogens is 1. The topological polar surface area (TPSA) is 27.0 Å². The Morgan fingerprint density at radius 1 is 1.40 bits per heavy atom. The van der Waals surface area contributed by atoms with E-state index >= 15 is 0 Å². The molecule has 1 heterocycles. The standard InChI is InChI=1S/C12H13ClN2/c13-11-5-1-2-6-12(11)15-7-3-4-10(8-14)9-15/h1-2,5-6,10H,3-4,7,9H2. The lowest BCUT2D eigenvalue weighted by atomic mass is 9.99. The summed E-state index contributed by atoms with van der Waals surface area (Å²) in [4.78, 5) is 2.21. The number of hydrogen-bond acceptors (Lipinski definition) is 2. The quantitative estimate of drug-likeness (QED) is 0.727. The maximum Gasteiger partial charge on any atom is 0.0674 e. The molecule has 1 aliphatic rings. The van der Waals surface area contributed by atoms with Crippen molar-refractivity contribution >= 4 is 17.3 Å². The summed E-state index contributed by atoms with van der Waals surface area (Å²) in [6.07, 6.45) is 2.08. The fourth-order valence-electron chi connectivity index (χ4n) is 2.01. The molecule has 0 spiro atoms. The van der Waals surface area contributed by atoms with Gasteiger partial charge in [0.25, 0.3) is 0 Å². The van der Waals surface area contributed by atoms with Gasteiger partial charge >= 0.3 is 0 Å². The van der Waals surface area contributed by atoms with Gasteiger partial charge in [0.1, 0.15) is 0 Å². The first kappa shape index (κ1) is 10.3. The summed E-state index contributed by atoms with van der Waals surface area (Å²) in [5.41, 5.74) is 1.05. The third-order valence-electron chi connectivity index (χ3n) is 2.80. The zero-order chi connectivity index (χ0) is 10.7. The minimum atomic E-state index is 0.148. The monoisotopic (exact) mass is 220 g/mol. The molecule has 0 aliphatic carbocycles. The second kappa shape index (κ2) is 4.55. The molecule has 1 unspecified atom stereocenters. The molecule has 1 aliphatic heterocycles.